The highest BCUT2D eigenvalue weighted by Crippen LogP contribution is 2.29. The highest BCUT2D eigenvalue weighted by atomic mass is 32.3. The molecule has 0 aliphatic heterocycles. The molecule has 2 aromatic carbocycles. The summed E-state index contributed by atoms with van der Waals surface area (Å²) >= 11 is 0. The lowest BCUT2D eigenvalue weighted by molar-refractivity contribution is -0.137. The number of carbonyl (C=O) groups excluding carboxylic acids is 1. The third-order valence-corrected chi connectivity index (χ3v) is 4.14. The van der Waals surface area contributed by atoms with Gasteiger partial charge in [-0.3, -0.25) is 9.87 Å². The summed E-state index contributed by atoms with van der Waals surface area (Å²) in [7, 11) is -4.75. The number of nitrogens with zero attached hydrogens (tertiary/aromatic N) is 3. The summed E-state index contributed by atoms with van der Waals surface area (Å²) in [5.41, 5.74) is 8.42. The van der Waals surface area contributed by atoms with E-state index in [4.69, 9.17) is 14.8 Å². The second kappa shape index (κ2) is 10.0. The highest BCUT2D eigenvalue weighted by Gasteiger charge is 2.30. The van der Waals surface area contributed by atoms with E-state index in [0.717, 1.165) is 24.3 Å². The Hall–Kier alpha value is -3.48. The molecule has 14 heteroatoms. The van der Waals surface area contributed by atoms with Gasteiger partial charge in [-0.1, -0.05) is 11.2 Å². The lowest BCUT2D eigenvalue weighted by atomic mass is 10.0. The first-order chi connectivity index (χ1) is 14.5. The van der Waals surface area contributed by atoms with Gasteiger partial charge in [-0.25, -0.2) is 4.79 Å². The smallest absolute Gasteiger partial charge is 0.444 e. The van der Waals surface area contributed by atoms with E-state index in [1.807, 2.05) is 0 Å². The topological polar surface area (TPSA) is 151 Å². The van der Waals surface area contributed by atoms with E-state index in [0.29, 0.717) is 11.1 Å². The lowest BCUT2D eigenvalue weighted by Crippen LogP contribution is -2.15. The number of anilines is 1. The van der Waals surface area contributed by atoms with Gasteiger partial charge in [0.1, 0.15) is 12.4 Å². The third kappa shape index (κ3) is 8.04. The molecule has 2 rings (SSSR count). The maximum atomic E-state index is 12.6. The molecule has 1 amide bonds. The van der Waals surface area contributed by atoms with E-state index in [-0.39, 0.29) is 31.0 Å². The molecule has 0 atom stereocenters. The summed E-state index contributed by atoms with van der Waals surface area (Å²) in [6, 6.07) is 7.57. The SMILES string of the molecule is [N-]=[N+]=NCCc1cc(OS(=O)(=O)O)ccc1COC(=O)Nc1ccc(C(F)(F)F)cc1. The quantitative estimate of drug-likeness (QED) is 0.256. The van der Waals surface area contributed by atoms with Gasteiger partial charge in [0.05, 0.1) is 5.56 Å². The van der Waals surface area contributed by atoms with Gasteiger partial charge in [0.15, 0.2) is 0 Å². The van der Waals surface area contributed by atoms with Crippen LogP contribution in [0.3, 0.4) is 0 Å². The Balaban J connectivity index is 2.06. The molecule has 0 saturated heterocycles. The number of ether oxygens (including phenoxy) is 1. The monoisotopic (exact) mass is 460 g/mol. The molecule has 10 nitrogen and oxygen atoms in total. The van der Waals surface area contributed by atoms with E-state index in [1.54, 1.807) is 0 Å². The molecule has 0 heterocycles. The second-order valence-corrected chi connectivity index (χ2v) is 6.94. The molecule has 0 saturated carbocycles. The van der Waals surface area contributed by atoms with E-state index >= 15 is 0 Å². The van der Waals surface area contributed by atoms with Crippen LogP contribution in [0.1, 0.15) is 16.7 Å². The van der Waals surface area contributed by atoms with Crippen molar-refractivity contribution in [3.63, 3.8) is 0 Å². The van der Waals surface area contributed by atoms with Gasteiger partial charge in [0.25, 0.3) is 0 Å². The molecule has 2 aromatic rings. The molecule has 2 N–H and O–H groups in total. The molecule has 0 aromatic heterocycles. The average molecular weight is 460 g/mol. The van der Waals surface area contributed by atoms with Crippen LogP contribution in [0.15, 0.2) is 47.6 Å². The number of hydrogen-bond donors (Lipinski definition) is 2. The summed E-state index contributed by atoms with van der Waals surface area (Å²) in [6.45, 7) is -0.277. The van der Waals surface area contributed by atoms with Gasteiger partial charge in [0.2, 0.25) is 0 Å². The Kier molecular flexibility index (Phi) is 7.69. The summed E-state index contributed by atoms with van der Waals surface area (Å²) in [6.07, 6.45) is -5.30. The molecule has 0 unspecified atom stereocenters. The van der Waals surface area contributed by atoms with Crippen molar-refractivity contribution in [2.24, 2.45) is 5.11 Å². The molecule has 0 radical (unpaired) electrons. The molecule has 0 fully saturated rings. The van der Waals surface area contributed by atoms with Gasteiger partial charge in [0, 0.05) is 17.1 Å². The Bertz CT molecular complexity index is 1080. The van der Waals surface area contributed by atoms with Crippen LogP contribution in [-0.4, -0.2) is 25.6 Å². The lowest BCUT2D eigenvalue weighted by Gasteiger charge is -2.12. The molecular weight excluding hydrogens is 445 g/mol. The predicted molar refractivity (Wildman–Crippen MR) is 102 cm³/mol. The molecule has 0 aliphatic rings. The van der Waals surface area contributed by atoms with Crippen LogP contribution in [0.25, 0.3) is 10.4 Å². The average Bonchev–Trinajstić information content (AvgIpc) is 2.66. The van der Waals surface area contributed by atoms with Gasteiger partial charge >= 0.3 is 22.7 Å². The molecule has 0 spiro atoms. The van der Waals surface area contributed by atoms with Crippen molar-refractivity contribution < 1.29 is 39.9 Å². The fourth-order valence-electron chi connectivity index (χ4n) is 2.40. The number of amides is 1. The number of carbonyl (C=O) groups is 1. The maximum Gasteiger partial charge on any atom is 0.446 e. The minimum atomic E-state index is -4.75. The minimum Gasteiger partial charge on any atom is -0.444 e. The van der Waals surface area contributed by atoms with Crippen molar-refractivity contribution in [1.29, 1.82) is 0 Å². The highest BCUT2D eigenvalue weighted by molar-refractivity contribution is 7.81. The zero-order valence-electron chi connectivity index (χ0n) is 15.5. The van der Waals surface area contributed by atoms with Crippen molar-refractivity contribution in [2.45, 2.75) is 19.2 Å². The predicted octanol–water partition coefficient (Wildman–Crippen LogP) is 4.49. The van der Waals surface area contributed by atoms with Crippen LogP contribution in [-0.2, 0) is 34.3 Å². The first-order valence-corrected chi connectivity index (χ1v) is 9.75. The number of halogens is 3. The van der Waals surface area contributed by atoms with Crippen molar-refractivity contribution in [2.75, 3.05) is 11.9 Å². The summed E-state index contributed by atoms with van der Waals surface area (Å²) in [5.74, 6) is -0.212. The number of azide groups is 1. The van der Waals surface area contributed by atoms with Gasteiger partial charge in [-0.15, -0.1) is 0 Å². The normalized spacial score (nSPS) is 11.4. The molecular formula is C17H15F3N4O6S. The van der Waals surface area contributed by atoms with Crippen molar-refractivity contribution in [1.82, 2.24) is 0 Å². The van der Waals surface area contributed by atoms with Gasteiger partial charge in [-0.2, -0.15) is 21.6 Å². The fourth-order valence-corrected chi connectivity index (χ4v) is 2.75. The maximum absolute atomic E-state index is 12.6. The van der Waals surface area contributed by atoms with Crippen LogP contribution < -0.4 is 9.50 Å². The number of nitrogens with one attached hydrogen (secondary N) is 1. The van der Waals surface area contributed by atoms with E-state index in [2.05, 4.69) is 19.5 Å². The zero-order chi connectivity index (χ0) is 23.1. The molecule has 0 aliphatic carbocycles. The summed E-state index contributed by atoms with van der Waals surface area (Å²) in [5, 5.41) is 5.63. The standard InChI is InChI=1S/C17H15F3N4O6S/c18-17(19,20)13-2-4-14(5-3-13)23-16(25)29-10-12-1-6-15(30-31(26,27)28)9-11(12)7-8-22-24-21/h1-6,9H,7-8,10H2,(H,23,25)(H,26,27,28). The molecule has 166 valence electrons. The number of benzene rings is 2. The van der Waals surface area contributed by atoms with Crippen LogP contribution >= 0.6 is 0 Å². The van der Waals surface area contributed by atoms with Crippen LogP contribution in [0.2, 0.25) is 0 Å². The van der Waals surface area contributed by atoms with Crippen LogP contribution in [0.4, 0.5) is 23.7 Å². The zero-order valence-corrected chi connectivity index (χ0v) is 16.4. The van der Waals surface area contributed by atoms with E-state index in [9.17, 15) is 26.4 Å². The summed E-state index contributed by atoms with van der Waals surface area (Å²) < 4.78 is 77.6. The van der Waals surface area contributed by atoms with Crippen molar-refractivity contribution in [3.8, 4) is 5.75 Å². The minimum absolute atomic E-state index is 0.0105. The van der Waals surface area contributed by atoms with E-state index in [1.165, 1.54) is 18.2 Å². The Morgan fingerprint density at radius 2 is 1.84 bits per heavy atom. The Morgan fingerprint density at radius 1 is 1.16 bits per heavy atom. The van der Waals surface area contributed by atoms with Crippen molar-refractivity contribution in [3.05, 3.63) is 69.6 Å². The first kappa shape index (κ1) is 23.8. The van der Waals surface area contributed by atoms with Crippen molar-refractivity contribution >= 4 is 22.2 Å². The number of alkyl halides is 3. The number of rotatable bonds is 8. The Morgan fingerprint density at radius 3 is 2.42 bits per heavy atom. The van der Waals surface area contributed by atoms with Gasteiger partial charge in [-0.05, 0) is 59.5 Å². The Labute approximate surface area is 174 Å². The van der Waals surface area contributed by atoms with Crippen LogP contribution in [0, 0.1) is 0 Å². The first-order valence-electron chi connectivity index (χ1n) is 8.38. The molecule has 31 heavy (non-hydrogen) atoms. The molecule has 0 bridgehead atoms. The van der Waals surface area contributed by atoms with Gasteiger partial charge < -0.3 is 8.92 Å². The third-order valence-electron chi connectivity index (χ3n) is 3.74. The second-order valence-electron chi connectivity index (χ2n) is 5.92. The largest absolute Gasteiger partial charge is 0.446 e. The summed E-state index contributed by atoms with van der Waals surface area (Å²) in [4.78, 5) is 14.5. The number of hydrogen-bond acceptors (Lipinski definition) is 6. The van der Waals surface area contributed by atoms with Crippen LogP contribution in [0.5, 0.6) is 5.75 Å². The van der Waals surface area contributed by atoms with E-state index < -0.39 is 28.2 Å². The fraction of sp³-hybridized carbons (Fsp3) is 0.235.